The summed E-state index contributed by atoms with van der Waals surface area (Å²) in [7, 11) is 3.94. The predicted octanol–water partition coefficient (Wildman–Crippen LogP) is 1.61. The second kappa shape index (κ2) is 6.66. The van der Waals surface area contributed by atoms with Gasteiger partial charge in [0.25, 0.3) is 0 Å². The second-order valence-electron chi connectivity index (χ2n) is 5.30. The van der Waals surface area contributed by atoms with E-state index in [9.17, 15) is 4.79 Å². The molecule has 4 nitrogen and oxygen atoms in total. The quantitative estimate of drug-likeness (QED) is 0.895. The van der Waals surface area contributed by atoms with E-state index in [1.165, 1.54) is 0 Å². The third-order valence-corrected chi connectivity index (χ3v) is 4.10. The van der Waals surface area contributed by atoms with Crippen LogP contribution in [0.2, 0.25) is 0 Å². The molecule has 1 heterocycles. The monoisotopic (exact) mass is 261 g/mol. The Morgan fingerprint density at radius 1 is 1.37 bits per heavy atom. The zero-order chi connectivity index (χ0) is 13.7. The zero-order valence-electron chi connectivity index (χ0n) is 11.8. The molecule has 0 aromatic carbocycles. The Morgan fingerprint density at radius 3 is 2.68 bits per heavy atom. The molecule has 1 fully saturated rings. The number of nitrogens with zero attached hydrogens (tertiary/aromatic N) is 2. The number of likely N-dealkylation sites (N-methyl/N-ethyl adjacent to an activating group) is 1. The minimum absolute atomic E-state index is 0.173. The topological polar surface area (TPSA) is 45.2 Å². The summed E-state index contributed by atoms with van der Waals surface area (Å²) in [5, 5.41) is 3.32. The van der Waals surface area contributed by atoms with Crippen molar-refractivity contribution in [3.63, 3.8) is 0 Å². The van der Waals surface area contributed by atoms with Crippen LogP contribution in [0.3, 0.4) is 0 Å². The summed E-state index contributed by atoms with van der Waals surface area (Å²) in [5.74, 6) is 0.173. The van der Waals surface area contributed by atoms with Crippen LogP contribution in [0.4, 0.5) is 0 Å². The lowest BCUT2D eigenvalue weighted by Crippen LogP contribution is -2.43. The van der Waals surface area contributed by atoms with Crippen LogP contribution >= 0.6 is 0 Å². The Morgan fingerprint density at radius 2 is 2.11 bits per heavy atom. The van der Waals surface area contributed by atoms with Crippen LogP contribution in [-0.2, 0) is 11.2 Å². The van der Waals surface area contributed by atoms with E-state index in [4.69, 9.17) is 0 Å². The largest absolute Gasteiger partial charge is 0.342 e. The molecule has 0 atom stereocenters. The molecule has 0 spiro atoms. The number of rotatable bonds is 4. The lowest BCUT2D eigenvalue weighted by molar-refractivity contribution is -0.131. The molecule has 1 aromatic rings. The van der Waals surface area contributed by atoms with E-state index in [-0.39, 0.29) is 5.91 Å². The SMILES string of the molecule is CNC1CCC(N(C)C(=O)Cc2ccccn2)CC1. The van der Waals surface area contributed by atoms with Crippen molar-refractivity contribution in [1.82, 2.24) is 15.2 Å². The molecule has 1 aliphatic rings. The van der Waals surface area contributed by atoms with Crippen molar-refractivity contribution in [1.29, 1.82) is 0 Å². The maximum absolute atomic E-state index is 12.2. The number of hydrogen-bond acceptors (Lipinski definition) is 3. The maximum atomic E-state index is 12.2. The standard InChI is InChI=1S/C15H23N3O/c1-16-12-6-8-14(9-7-12)18(2)15(19)11-13-5-3-4-10-17-13/h3-5,10,12,14,16H,6-9,11H2,1-2H3. The lowest BCUT2D eigenvalue weighted by atomic mass is 9.90. The molecule has 1 aromatic heterocycles. The highest BCUT2D eigenvalue weighted by Crippen LogP contribution is 2.22. The maximum Gasteiger partial charge on any atom is 0.228 e. The number of amides is 1. The predicted molar refractivity (Wildman–Crippen MR) is 75.8 cm³/mol. The summed E-state index contributed by atoms with van der Waals surface area (Å²) in [6, 6.07) is 6.71. The fourth-order valence-electron chi connectivity index (χ4n) is 2.74. The van der Waals surface area contributed by atoms with Gasteiger partial charge in [-0.3, -0.25) is 9.78 Å². The van der Waals surface area contributed by atoms with E-state index in [0.717, 1.165) is 31.4 Å². The van der Waals surface area contributed by atoms with Gasteiger partial charge in [0.1, 0.15) is 0 Å². The highest BCUT2D eigenvalue weighted by molar-refractivity contribution is 5.78. The number of aromatic nitrogens is 1. The highest BCUT2D eigenvalue weighted by Gasteiger charge is 2.25. The summed E-state index contributed by atoms with van der Waals surface area (Å²) < 4.78 is 0. The van der Waals surface area contributed by atoms with Gasteiger partial charge in [-0.2, -0.15) is 0 Å². The number of nitrogens with one attached hydrogen (secondary N) is 1. The van der Waals surface area contributed by atoms with Crippen LogP contribution < -0.4 is 5.32 Å². The fourth-order valence-corrected chi connectivity index (χ4v) is 2.74. The number of carbonyl (C=O) groups excluding carboxylic acids is 1. The number of hydrogen-bond donors (Lipinski definition) is 1. The van der Waals surface area contributed by atoms with Crippen molar-refractivity contribution in [3.05, 3.63) is 30.1 Å². The average molecular weight is 261 g/mol. The Hall–Kier alpha value is -1.42. The minimum Gasteiger partial charge on any atom is -0.342 e. The van der Waals surface area contributed by atoms with Crippen LogP contribution in [0.5, 0.6) is 0 Å². The molecule has 1 amide bonds. The van der Waals surface area contributed by atoms with Gasteiger partial charge >= 0.3 is 0 Å². The average Bonchev–Trinajstić information content (AvgIpc) is 2.47. The summed E-state index contributed by atoms with van der Waals surface area (Å²) in [6.07, 6.45) is 6.64. The summed E-state index contributed by atoms with van der Waals surface area (Å²) in [4.78, 5) is 18.4. The molecule has 0 radical (unpaired) electrons. The molecule has 1 N–H and O–H groups in total. The minimum atomic E-state index is 0.173. The van der Waals surface area contributed by atoms with E-state index in [1.807, 2.05) is 37.2 Å². The molecule has 19 heavy (non-hydrogen) atoms. The molecule has 0 aliphatic heterocycles. The van der Waals surface area contributed by atoms with Gasteiger partial charge in [0, 0.05) is 31.0 Å². The molecule has 1 aliphatic carbocycles. The number of pyridine rings is 1. The first-order chi connectivity index (χ1) is 9.20. The lowest BCUT2D eigenvalue weighted by Gasteiger charge is -2.34. The third kappa shape index (κ3) is 3.77. The van der Waals surface area contributed by atoms with Crippen LogP contribution in [0.25, 0.3) is 0 Å². The fraction of sp³-hybridized carbons (Fsp3) is 0.600. The van der Waals surface area contributed by atoms with Gasteiger partial charge in [-0.25, -0.2) is 0 Å². The van der Waals surface area contributed by atoms with E-state index in [1.54, 1.807) is 6.20 Å². The van der Waals surface area contributed by atoms with Crippen LogP contribution in [0.15, 0.2) is 24.4 Å². The van der Waals surface area contributed by atoms with Gasteiger partial charge in [-0.15, -0.1) is 0 Å². The van der Waals surface area contributed by atoms with Crippen molar-refractivity contribution in [2.24, 2.45) is 0 Å². The van der Waals surface area contributed by atoms with Crippen molar-refractivity contribution in [2.75, 3.05) is 14.1 Å². The molecular formula is C15H23N3O. The Kier molecular flexibility index (Phi) is 4.91. The van der Waals surface area contributed by atoms with Gasteiger partial charge < -0.3 is 10.2 Å². The first-order valence-corrected chi connectivity index (χ1v) is 7.03. The van der Waals surface area contributed by atoms with Crippen molar-refractivity contribution < 1.29 is 4.79 Å². The van der Waals surface area contributed by atoms with Gasteiger partial charge in [-0.1, -0.05) is 6.07 Å². The van der Waals surface area contributed by atoms with Crippen LogP contribution in [-0.4, -0.2) is 42.0 Å². The van der Waals surface area contributed by atoms with E-state index in [0.29, 0.717) is 18.5 Å². The summed E-state index contributed by atoms with van der Waals surface area (Å²) >= 11 is 0. The van der Waals surface area contributed by atoms with Crippen LogP contribution in [0.1, 0.15) is 31.4 Å². The Labute approximate surface area is 115 Å². The first-order valence-electron chi connectivity index (χ1n) is 7.03. The Balaban J connectivity index is 1.86. The third-order valence-electron chi connectivity index (χ3n) is 4.10. The highest BCUT2D eigenvalue weighted by atomic mass is 16.2. The molecule has 0 saturated heterocycles. The first kappa shape index (κ1) is 14.0. The second-order valence-corrected chi connectivity index (χ2v) is 5.30. The van der Waals surface area contributed by atoms with E-state index in [2.05, 4.69) is 10.3 Å². The molecule has 0 unspecified atom stereocenters. The normalized spacial score (nSPS) is 23.1. The molecule has 4 heteroatoms. The smallest absolute Gasteiger partial charge is 0.228 e. The van der Waals surface area contributed by atoms with Crippen molar-refractivity contribution in [3.8, 4) is 0 Å². The van der Waals surface area contributed by atoms with Gasteiger partial charge in [-0.05, 0) is 44.9 Å². The Bertz CT molecular complexity index is 399. The molecule has 1 saturated carbocycles. The zero-order valence-corrected chi connectivity index (χ0v) is 11.8. The van der Waals surface area contributed by atoms with Crippen molar-refractivity contribution in [2.45, 2.75) is 44.2 Å². The molecule has 2 rings (SSSR count). The van der Waals surface area contributed by atoms with Gasteiger partial charge in [0.05, 0.1) is 6.42 Å². The summed E-state index contributed by atoms with van der Waals surface area (Å²) in [6.45, 7) is 0. The molecular weight excluding hydrogens is 238 g/mol. The molecule has 104 valence electrons. The van der Waals surface area contributed by atoms with Gasteiger partial charge in [0.2, 0.25) is 5.91 Å². The van der Waals surface area contributed by atoms with Gasteiger partial charge in [0.15, 0.2) is 0 Å². The molecule has 0 bridgehead atoms. The number of carbonyl (C=O) groups is 1. The van der Waals surface area contributed by atoms with E-state index >= 15 is 0 Å². The van der Waals surface area contributed by atoms with Crippen LogP contribution in [0, 0.1) is 0 Å². The van der Waals surface area contributed by atoms with Crippen molar-refractivity contribution >= 4 is 5.91 Å². The van der Waals surface area contributed by atoms with E-state index < -0.39 is 0 Å². The summed E-state index contributed by atoms with van der Waals surface area (Å²) in [5.41, 5.74) is 0.850.